The lowest BCUT2D eigenvalue weighted by Gasteiger charge is -2.39. The first-order valence-corrected chi connectivity index (χ1v) is 8.01. The van der Waals surface area contributed by atoms with Crippen LogP contribution in [0.3, 0.4) is 0 Å². The Balaban J connectivity index is 1.99. The van der Waals surface area contributed by atoms with E-state index < -0.39 is 11.4 Å². The fourth-order valence-corrected chi connectivity index (χ4v) is 3.67. The van der Waals surface area contributed by atoms with Crippen molar-refractivity contribution in [1.29, 1.82) is 0 Å². The summed E-state index contributed by atoms with van der Waals surface area (Å²) in [5.41, 5.74) is -0.822. The van der Waals surface area contributed by atoms with Crippen LogP contribution < -0.4 is 0 Å². The minimum Gasteiger partial charge on any atom is -0.481 e. The Morgan fingerprint density at radius 3 is 2.75 bits per heavy atom. The van der Waals surface area contributed by atoms with E-state index in [4.69, 9.17) is 0 Å². The van der Waals surface area contributed by atoms with Crippen LogP contribution in [0.4, 0.5) is 0 Å². The molecular weight excluding hydrogens is 280 g/mol. The highest BCUT2D eigenvalue weighted by molar-refractivity contribution is 8.00. The van der Waals surface area contributed by atoms with Crippen molar-refractivity contribution >= 4 is 29.5 Å². The van der Waals surface area contributed by atoms with E-state index in [1.807, 2.05) is 6.92 Å². The van der Waals surface area contributed by atoms with Gasteiger partial charge in [0.25, 0.3) is 0 Å². The summed E-state index contributed by atoms with van der Waals surface area (Å²) in [5, 5.41) is 9.41. The van der Waals surface area contributed by atoms with Gasteiger partial charge in [0, 0.05) is 13.1 Å². The molecule has 1 unspecified atom stereocenters. The molecule has 0 radical (unpaired) electrons. The Bertz CT molecular complexity index is 429. The molecule has 0 aliphatic carbocycles. The van der Waals surface area contributed by atoms with Crippen molar-refractivity contribution < 1.29 is 19.5 Å². The third-order valence-corrected chi connectivity index (χ3v) is 5.16. The zero-order chi connectivity index (χ0) is 14.8. The molecule has 0 bridgehead atoms. The minimum absolute atomic E-state index is 0.0136. The number of nitrogens with zero attached hydrogens (tertiary/aromatic N) is 2. The molecule has 6 nitrogen and oxygen atoms in total. The average molecular weight is 300 g/mol. The van der Waals surface area contributed by atoms with E-state index in [1.165, 1.54) is 16.7 Å². The molecule has 2 aliphatic heterocycles. The molecule has 2 aliphatic rings. The SMILES string of the molecule is CCC1(C(=O)O)CCCN(C(=O)CN2CSCC2=O)C1. The van der Waals surface area contributed by atoms with Gasteiger partial charge >= 0.3 is 5.97 Å². The number of aliphatic carboxylic acids is 1. The lowest BCUT2D eigenvalue weighted by atomic mass is 9.77. The Morgan fingerprint density at radius 2 is 2.20 bits per heavy atom. The molecule has 0 saturated carbocycles. The third kappa shape index (κ3) is 2.92. The van der Waals surface area contributed by atoms with Gasteiger partial charge in [0.05, 0.1) is 17.0 Å². The maximum atomic E-state index is 12.3. The number of piperidine rings is 1. The molecule has 0 spiro atoms. The number of likely N-dealkylation sites (tertiary alicyclic amines) is 1. The predicted octanol–water partition coefficient (Wildman–Crippen LogP) is 0.623. The first-order chi connectivity index (χ1) is 9.48. The highest BCUT2D eigenvalue weighted by Gasteiger charge is 2.42. The number of hydrogen-bond acceptors (Lipinski definition) is 4. The molecule has 1 atom stereocenters. The quantitative estimate of drug-likeness (QED) is 0.823. The van der Waals surface area contributed by atoms with Crippen molar-refractivity contribution in [2.24, 2.45) is 5.41 Å². The molecule has 0 aromatic carbocycles. The first-order valence-electron chi connectivity index (χ1n) is 6.85. The summed E-state index contributed by atoms with van der Waals surface area (Å²) in [5.74, 6) is 0.00247. The second-order valence-corrected chi connectivity index (χ2v) is 6.38. The molecular formula is C13H20N2O4S. The van der Waals surface area contributed by atoms with E-state index in [0.29, 0.717) is 37.4 Å². The lowest BCUT2D eigenvalue weighted by molar-refractivity contribution is -0.156. The fourth-order valence-electron chi connectivity index (χ4n) is 2.76. The van der Waals surface area contributed by atoms with Gasteiger partial charge in [-0.25, -0.2) is 0 Å². The van der Waals surface area contributed by atoms with Crippen LogP contribution in [0.2, 0.25) is 0 Å². The zero-order valence-electron chi connectivity index (χ0n) is 11.6. The Kier molecular flexibility index (Phi) is 4.57. The molecule has 2 amide bonds. The predicted molar refractivity (Wildman–Crippen MR) is 75.2 cm³/mol. The summed E-state index contributed by atoms with van der Waals surface area (Å²) >= 11 is 1.50. The molecule has 7 heteroatoms. The number of carboxylic acids is 1. The van der Waals surface area contributed by atoms with Crippen molar-refractivity contribution in [1.82, 2.24) is 9.80 Å². The molecule has 112 valence electrons. The highest BCUT2D eigenvalue weighted by atomic mass is 32.2. The third-order valence-electron chi connectivity index (χ3n) is 4.21. The lowest BCUT2D eigenvalue weighted by Crippen LogP contribution is -2.52. The van der Waals surface area contributed by atoms with Gasteiger partial charge in [-0.3, -0.25) is 14.4 Å². The Morgan fingerprint density at radius 1 is 1.45 bits per heavy atom. The van der Waals surface area contributed by atoms with E-state index in [1.54, 1.807) is 4.90 Å². The van der Waals surface area contributed by atoms with Crippen molar-refractivity contribution in [2.75, 3.05) is 31.3 Å². The second kappa shape index (κ2) is 6.03. The number of hydrogen-bond donors (Lipinski definition) is 1. The second-order valence-electron chi connectivity index (χ2n) is 5.43. The van der Waals surface area contributed by atoms with E-state index >= 15 is 0 Å². The smallest absolute Gasteiger partial charge is 0.311 e. The molecule has 2 fully saturated rings. The molecule has 2 heterocycles. The zero-order valence-corrected chi connectivity index (χ0v) is 12.4. The number of amides is 2. The monoisotopic (exact) mass is 300 g/mol. The highest BCUT2D eigenvalue weighted by Crippen LogP contribution is 2.33. The van der Waals surface area contributed by atoms with Crippen LogP contribution in [0.25, 0.3) is 0 Å². The summed E-state index contributed by atoms with van der Waals surface area (Å²) in [4.78, 5) is 38.4. The largest absolute Gasteiger partial charge is 0.481 e. The number of carbonyl (C=O) groups is 3. The van der Waals surface area contributed by atoms with E-state index in [9.17, 15) is 19.5 Å². The standard InChI is InChI=1S/C13H20N2O4S/c1-2-13(12(18)19)4-3-5-14(8-13)10(16)6-15-9-20-7-11(15)17/h2-9H2,1H3,(H,18,19). The van der Waals surface area contributed by atoms with Gasteiger partial charge in [-0.2, -0.15) is 0 Å². The van der Waals surface area contributed by atoms with Crippen molar-refractivity contribution in [3.05, 3.63) is 0 Å². The Hall–Kier alpha value is -1.24. The maximum absolute atomic E-state index is 12.3. The summed E-state index contributed by atoms with van der Waals surface area (Å²) in [6, 6.07) is 0. The summed E-state index contributed by atoms with van der Waals surface area (Å²) in [7, 11) is 0. The van der Waals surface area contributed by atoms with Gasteiger partial charge in [-0.05, 0) is 19.3 Å². The average Bonchev–Trinajstić information content (AvgIpc) is 2.84. The number of carboxylic acid groups (broad SMARTS) is 1. The molecule has 0 aromatic heterocycles. The number of thioether (sulfide) groups is 1. The van der Waals surface area contributed by atoms with Crippen LogP contribution in [-0.4, -0.2) is 64.0 Å². The van der Waals surface area contributed by atoms with Crippen LogP contribution in [-0.2, 0) is 14.4 Å². The van der Waals surface area contributed by atoms with Gasteiger partial charge in [-0.15, -0.1) is 11.8 Å². The molecule has 2 saturated heterocycles. The first kappa shape index (κ1) is 15.2. The number of carbonyl (C=O) groups excluding carboxylic acids is 2. The van der Waals surface area contributed by atoms with Crippen molar-refractivity contribution in [3.63, 3.8) is 0 Å². The van der Waals surface area contributed by atoms with Crippen LogP contribution in [0, 0.1) is 5.41 Å². The summed E-state index contributed by atoms with van der Waals surface area (Å²) in [6.07, 6.45) is 1.83. The maximum Gasteiger partial charge on any atom is 0.311 e. The molecule has 0 aromatic rings. The van der Waals surface area contributed by atoms with Gasteiger partial charge in [-0.1, -0.05) is 6.92 Å². The van der Waals surface area contributed by atoms with Gasteiger partial charge in [0.15, 0.2) is 0 Å². The topological polar surface area (TPSA) is 77.9 Å². The normalized spacial score (nSPS) is 26.9. The van der Waals surface area contributed by atoms with Crippen molar-refractivity contribution in [3.8, 4) is 0 Å². The Labute approximate surface area is 122 Å². The number of rotatable bonds is 4. The minimum atomic E-state index is -0.828. The van der Waals surface area contributed by atoms with Crippen molar-refractivity contribution in [2.45, 2.75) is 26.2 Å². The molecule has 1 N–H and O–H groups in total. The van der Waals surface area contributed by atoms with Gasteiger partial charge < -0.3 is 14.9 Å². The summed E-state index contributed by atoms with van der Waals surface area (Å²) < 4.78 is 0. The van der Waals surface area contributed by atoms with Crippen LogP contribution in [0.5, 0.6) is 0 Å². The summed E-state index contributed by atoms with van der Waals surface area (Å²) in [6.45, 7) is 2.77. The van der Waals surface area contributed by atoms with Crippen LogP contribution in [0.15, 0.2) is 0 Å². The van der Waals surface area contributed by atoms with E-state index in [2.05, 4.69) is 0 Å². The van der Waals surface area contributed by atoms with Gasteiger partial charge in [0.2, 0.25) is 11.8 Å². The van der Waals surface area contributed by atoms with Crippen LogP contribution >= 0.6 is 11.8 Å². The van der Waals surface area contributed by atoms with Gasteiger partial charge in [0.1, 0.15) is 6.54 Å². The molecule has 20 heavy (non-hydrogen) atoms. The van der Waals surface area contributed by atoms with E-state index in [0.717, 1.165) is 0 Å². The molecule has 2 rings (SSSR count). The van der Waals surface area contributed by atoms with Crippen LogP contribution in [0.1, 0.15) is 26.2 Å². The van der Waals surface area contributed by atoms with E-state index in [-0.39, 0.29) is 24.9 Å². The fraction of sp³-hybridized carbons (Fsp3) is 0.769.